The SMILES string of the molecule is Cc1ccccc1-c1c2oc3nc4ccccc4cc3c2cc[n+]1C. The van der Waals surface area contributed by atoms with Crippen LogP contribution in [0.4, 0.5) is 0 Å². The van der Waals surface area contributed by atoms with Crippen LogP contribution in [0.3, 0.4) is 0 Å². The third-order valence-corrected chi connectivity index (χ3v) is 4.86. The average molecular weight is 325 g/mol. The summed E-state index contributed by atoms with van der Waals surface area (Å²) in [6.45, 7) is 2.13. The highest BCUT2D eigenvalue weighted by molar-refractivity contribution is 6.10. The third-order valence-electron chi connectivity index (χ3n) is 4.86. The molecule has 0 amide bonds. The maximum Gasteiger partial charge on any atom is 0.256 e. The molecule has 0 saturated heterocycles. The lowest BCUT2D eigenvalue weighted by atomic mass is 10.0. The van der Waals surface area contributed by atoms with Crippen molar-refractivity contribution in [3.05, 3.63) is 72.4 Å². The first kappa shape index (κ1) is 14.2. The van der Waals surface area contributed by atoms with Crippen molar-refractivity contribution in [3.63, 3.8) is 0 Å². The Morgan fingerprint density at radius 3 is 2.60 bits per heavy atom. The fourth-order valence-electron chi connectivity index (χ4n) is 3.56. The van der Waals surface area contributed by atoms with E-state index < -0.39 is 0 Å². The zero-order valence-electron chi connectivity index (χ0n) is 14.2. The number of aromatic nitrogens is 2. The first-order valence-electron chi connectivity index (χ1n) is 8.39. The summed E-state index contributed by atoms with van der Waals surface area (Å²) in [4.78, 5) is 4.73. The summed E-state index contributed by atoms with van der Waals surface area (Å²) in [6, 6.07) is 20.8. The molecule has 0 aliphatic carbocycles. The van der Waals surface area contributed by atoms with Gasteiger partial charge in [0.1, 0.15) is 7.05 Å². The molecule has 0 fully saturated rings. The molecule has 0 saturated carbocycles. The molecule has 2 aromatic carbocycles. The summed E-state index contributed by atoms with van der Waals surface area (Å²) in [5.41, 5.74) is 6.02. The summed E-state index contributed by atoms with van der Waals surface area (Å²) >= 11 is 0. The van der Waals surface area contributed by atoms with E-state index in [-0.39, 0.29) is 0 Å². The normalized spacial score (nSPS) is 11.6. The molecule has 0 bridgehead atoms. The number of rotatable bonds is 1. The van der Waals surface area contributed by atoms with Crippen LogP contribution in [0.2, 0.25) is 0 Å². The lowest BCUT2D eigenvalue weighted by molar-refractivity contribution is -0.659. The third kappa shape index (κ3) is 2.06. The van der Waals surface area contributed by atoms with E-state index in [1.165, 1.54) is 11.1 Å². The van der Waals surface area contributed by atoms with Crippen molar-refractivity contribution in [3.8, 4) is 11.3 Å². The Kier molecular flexibility index (Phi) is 2.92. The van der Waals surface area contributed by atoms with E-state index in [0.717, 1.165) is 33.0 Å². The predicted octanol–water partition coefficient (Wildman–Crippen LogP) is 4.93. The number of hydrogen-bond donors (Lipinski definition) is 0. The molecule has 25 heavy (non-hydrogen) atoms. The van der Waals surface area contributed by atoms with Crippen LogP contribution in [-0.2, 0) is 7.05 Å². The maximum absolute atomic E-state index is 6.25. The highest BCUT2D eigenvalue weighted by Crippen LogP contribution is 2.35. The molecular formula is C22H17N2O+. The molecule has 0 atom stereocenters. The van der Waals surface area contributed by atoms with E-state index >= 15 is 0 Å². The van der Waals surface area contributed by atoms with Crippen molar-refractivity contribution < 1.29 is 8.98 Å². The maximum atomic E-state index is 6.25. The molecule has 0 aliphatic rings. The number of pyridine rings is 2. The molecule has 120 valence electrons. The Hall–Kier alpha value is -3.20. The smallest absolute Gasteiger partial charge is 0.256 e. The van der Waals surface area contributed by atoms with E-state index in [4.69, 9.17) is 9.40 Å². The largest absolute Gasteiger partial charge is 0.431 e. The molecule has 3 nitrogen and oxygen atoms in total. The molecule has 0 radical (unpaired) electrons. The van der Waals surface area contributed by atoms with Crippen molar-refractivity contribution >= 4 is 33.0 Å². The number of aryl methyl sites for hydroxylation is 2. The van der Waals surface area contributed by atoms with Crippen molar-refractivity contribution in [2.45, 2.75) is 6.92 Å². The van der Waals surface area contributed by atoms with Crippen molar-refractivity contribution in [1.29, 1.82) is 0 Å². The van der Waals surface area contributed by atoms with Gasteiger partial charge in [-0.05, 0) is 30.7 Å². The number of fused-ring (bicyclic) bond motifs is 4. The van der Waals surface area contributed by atoms with Gasteiger partial charge in [-0.3, -0.25) is 0 Å². The predicted molar refractivity (Wildman–Crippen MR) is 100 cm³/mol. The number of furan rings is 1. The molecule has 0 unspecified atom stereocenters. The van der Waals surface area contributed by atoms with Crippen LogP contribution < -0.4 is 4.57 Å². The van der Waals surface area contributed by atoms with Crippen molar-refractivity contribution in [2.24, 2.45) is 7.05 Å². The van der Waals surface area contributed by atoms with Gasteiger partial charge in [-0.25, -0.2) is 4.98 Å². The van der Waals surface area contributed by atoms with E-state index in [1.54, 1.807) is 0 Å². The van der Waals surface area contributed by atoms with Crippen LogP contribution in [0, 0.1) is 6.92 Å². The fraction of sp³-hybridized carbons (Fsp3) is 0.0909. The number of benzene rings is 2. The summed E-state index contributed by atoms with van der Waals surface area (Å²) in [7, 11) is 2.05. The van der Waals surface area contributed by atoms with E-state index in [0.29, 0.717) is 5.71 Å². The summed E-state index contributed by atoms with van der Waals surface area (Å²) in [6.07, 6.45) is 2.09. The Labute approximate surface area is 145 Å². The second kappa shape index (κ2) is 5.15. The van der Waals surface area contributed by atoms with Crippen LogP contribution in [0.15, 0.2) is 71.3 Å². The van der Waals surface area contributed by atoms with E-state index in [2.05, 4.69) is 67.2 Å². The second-order valence-electron chi connectivity index (χ2n) is 6.47. The monoisotopic (exact) mass is 325 g/mol. The lowest BCUT2D eigenvalue weighted by Crippen LogP contribution is -2.30. The van der Waals surface area contributed by atoms with Crippen LogP contribution in [-0.4, -0.2) is 4.98 Å². The summed E-state index contributed by atoms with van der Waals surface area (Å²) in [5.74, 6) is 0. The van der Waals surface area contributed by atoms with Crippen LogP contribution in [0.25, 0.3) is 44.2 Å². The first-order valence-corrected chi connectivity index (χ1v) is 8.39. The molecule has 5 rings (SSSR count). The van der Waals surface area contributed by atoms with Crippen molar-refractivity contribution in [1.82, 2.24) is 4.98 Å². The van der Waals surface area contributed by atoms with Gasteiger partial charge < -0.3 is 4.42 Å². The van der Waals surface area contributed by atoms with Crippen LogP contribution in [0.5, 0.6) is 0 Å². The number of para-hydroxylation sites is 1. The molecule has 5 aromatic rings. The molecule has 0 aliphatic heterocycles. The van der Waals surface area contributed by atoms with Gasteiger partial charge in [-0.2, -0.15) is 4.57 Å². The highest BCUT2D eigenvalue weighted by Gasteiger charge is 2.22. The van der Waals surface area contributed by atoms with Gasteiger partial charge in [0.2, 0.25) is 11.3 Å². The molecule has 3 aromatic heterocycles. The van der Waals surface area contributed by atoms with Gasteiger partial charge in [0, 0.05) is 22.2 Å². The van der Waals surface area contributed by atoms with Gasteiger partial charge in [-0.15, -0.1) is 0 Å². The van der Waals surface area contributed by atoms with Gasteiger partial charge in [0.15, 0.2) is 6.20 Å². The number of nitrogens with zero attached hydrogens (tertiary/aromatic N) is 2. The van der Waals surface area contributed by atoms with Gasteiger partial charge >= 0.3 is 0 Å². The van der Waals surface area contributed by atoms with E-state index in [9.17, 15) is 0 Å². The molecule has 3 heterocycles. The van der Waals surface area contributed by atoms with E-state index in [1.807, 2.05) is 18.2 Å². The quantitative estimate of drug-likeness (QED) is 0.409. The van der Waals surface area contributed by atoms with Crippen LogP contribution >= 0.6 is 0 Å². The Balaban J connectivity index is 1.94. The summed E-state index contributed by atoms with van der Waals surface area (Å²) in [5, 5.41) is 3.29. The topological polar surface area (TPSA) is 29.9 Å². The van der Waals surface area contributed by atoms with Gasteiger partial charge in [-0.1, -0.05) is 36.4 Å². The van der Waals surface area contributed by atoms with Crippen LogP contribution in [0.1, 0.15) is 5.56 Å². The first-order chi connectivity index (χ1) is 12.2. The molecule has 0 N–H and O–H groups in total. The van der Waals surface area contributed by atoms with Gasteiger partial charge in [0.25, 0.3) is 5.69 Å². The number of hydrogen-bond acceptors (Lipinski definition) is 2. The Morgan fingerprint density at radius 2 is 1.72 bits per heavy atom. The zero-order chi connectivity index (χ0) is 17.0. The minimum atomic E-state index is 0.690. The highest BCUT2D eigenvalue weighted by atomic mass is 16.3. The second-order valence-corrected chi connectivity index (χ2v) is 6.47. The Bertz CT molecular complexity index is 1270. The molecule has 3 heteroatoms. The zero-order valence-corrected chi connectivity index (χ0v) is 14.2. The standard InChI is InChI=1S/C22H17N2O/c1-14-7-3-5-9-16(14)20-21-17(11-12-24(20)2)18-13-15-8-4-6-10-19(15)23-22(18)25-21/h3-13H,1-2H3/q+1. The fourth-order valence-corrected chi connectivity index (χ4v) is 3.56. The Morgan fingerprint density at radius 1 is 0.920 bits per heavy atom. The van der Waals surface area contributed by atoms with Crippen molar-refractivity contribution in [2.75, 3.05) is 0 Å². The van der Waals surface area contributed by atoms with Gasteiger partial charge in [0.05, 0.1) is 11.1 Å². The minimum Gasteiger partial charge on any atom is -0.431 e. The average Bonchev–Trinajstić information content (AvgIpc) is 2.98. The molecular weight excluding hydrogens is 308 g/mol. The summed E-state index contributed by atoms with van der Waals surface area (Å²) < 4.78 is 8.37. The lowest BCUT2D eigenvalue weighted by Gasteiger charge is -2.04. The molecule has 0 spiro atoms. The minimum absolute atomic E-state index is 0.690.